The highest BCUT2D eigenvalue weighted by Crippen LogP contribution is 2.52. The van der Waals surface area contributed by atoms with Crippen molar-refractivity contribution in [3.05, 3.63) is 109 Å². The molecule has 0 N–H and O–H groups in total. The Balaban J connectivity index is 1.18. The lowest BCUT2D eigenvalue weighted by Crippen LogP contribution is -2.34. The number of ether oxygens (including phenoxy) is 1. The fraction of sp³-hybridized carbons (Fsp3) is 0.644. The third kappa shape index (κ3) is 23.3. The van der Waals surface area contributed by atoms with Gasteiger partial charge in [-0.1, -0.05) is 319 Å². The standard InChI is InChI=1S/C87H128N2O4S4/c1-11-15-19-23-27-31-33-37-41-46-51-65(50-44-39-35-29-25-21-17-13-3)63-88-79(72-57-56-71(94-72)74-61-67-60-70(85(92)93-68-54-48-43-49-55-68)69-62-76(87(8,9)10)97-82(69)81(67)96-74)77-78(84(88)91)80(73-58-59-75(95-73)86(5,6)7)89(83(77)90)64-66(52-45-40-36-30-26-22-18-14-4)53-47-42-38-34-32-28-24-20-16-12-2/h43,48-49,54-62,65-66H,11-42,44-47,50-53,63-64H2,1-10H3. The van der Waals surface area contributed by atoms with E-state index in [1.807, 2.05) is 36.4 Å². The molecule has 534 valence electrons. The first kappa shape index (κ1) is 78.4. The molecular formula is C87H128N2O4S4. The van der Waals surface area contributed by atoms with Gasteiger partial charge in [-0.05, 0) is 108 Å². The van der Waals surface area contributed by atoms with E-state index in [9.17, 15) is 4.79 Å². The number of hydrogen-bond donors (Lipinski definition) is 0. The molecule has 0 bridgehead atoms. The van der Waals surface area contributed by atoms with Gasteiger partial charge in [0.1, 0.15) is 5.75 Å². The monoisotopic (exact) mass is 1390 g/mol. The highest BCUT2D eigenvalue weighted by atomic mass is 32.1. The van der Waals surface area contributed by atoms with Crippen molar-refractivity contribution in [3.8, 4) is 15.5 Å². The van der Waals surface area contributed by atoms with Gasteiger partial charge in [-0.25, -0.2) is 4.79 Å². The van der Waals surface area contributed by atoms with E-state index in [2.05, 4.69) is 115 Å². The molecule has 0 fully saturated rings. The lowest BCUT2D eigenvalue weighted by Gasteiger charge is -2.29. The van der Waals surface area contributed by atoms with Crippen molar-refractivity contribution in [2.45, 2.75) is 337 Å². The predicted octanol–water partition coefficient (Wildman–Crippen LogP) is 28.4. The number of carbonyl (C=O) groups is 3. The molecule has 2 amide bonds. The molecule has 0 saturated carbocycles. The number of hydrogen-bond acceptors (Lipinski definition) is 8. The molecule has 2 aliphatic heterocycles. The van der Waals surface area contributed by atoms with Crippen LogP contribution in [0.3, 0.4) is 0 Å². The van der Waals surface area contributed by atoms with E-state index in [0.717, 1.165) is 76.8 Å². The molecule has 2 atom stereocenters. The molecule has 6 aromatic rings. The smallest absolute Gasteiger partial charge is 0.344 e. The molecule has 97 heavy (non-hydrogen) atoms. The maximum absolute atomic E-state index is 16.4. The van der Waals surface area contributed by atoms with Crippen molar-refractivity contribution in [3.63, 3.8) is 0 Å². The zero-order valence-corrected chi connectivity index (χ0v) is 65.7. The maximum Gasteiger partial charge on any atom is 0.344 e. The Hall–Kier alpha value is -4.35. The number of rotatable bonds is 49. The second kappa shape index (κ2) is 40.9. The zero-order valence-electron chi connectivity index (χ0n) is 62.4. The first-order valence-electron chi connectivity index (χ1n) is 39.7. The first-order chi connectivity index (χ1) is 47.1. The van der Waals surface area contributed by atoms with Gasteiger partial charge in [0.25, 0.3) is 11.8 Å². The molecule has 0 aliphatic carbocycles. The van der Waals surface area contributed by atoms with Gasteiger partial charge in [0, 0.05) is 38.0 Å². The second-order valence-electron chi connectivity index (χ2n) is 31.3. The maximum atomic E-state index is 16.4. The number of para-hydroxylation sites is 1. The van der Waals surface area contributed by atoms with Gasteiger partial charge < -0.3 is 14.5 Å². The van der Waals surface area contributed by atoms with Crippen molar-refractivity contribution < 1.29 is 19.1 Å². The van der Waals surface area contributed by atoms with Gasteiger partial charge in [0.2, 0.25) is 0 Å². The van der Waals surface area contributed by atoms with Crippen LogP contribution < -0.4 is 4.74 Å². The quantitative estimate of drug-likeness (QED) is 0.0217. The number of carbonyl (C=O) groups excluding carboxylic acids is 3. The molecule has 0 saturated heterocycles. The first-order valence-corrected chi connectivity index (χ1v) is 42.9. The predicted molar refractivity (Wildman–Crippen MR) is 425 cm³/mol. The van der Waals surface area contributed by atoms with Crippen LogP contribution in [-0.4, -0.2) is 40.7 Å². The summed E-state index contributed by atoms with van der Waals surface area (Å²) in [5, 5.41) is 1.94. The van der Waals surface area contributed by atoms with Crippen molar-refractivity contribution >= 4 is 94.7 Å². The van der Waals surface area contributed by atoms with Crippen molar-refractivity contribution in [2.75, 3.05) is 13.1 Å². The number of nitrogens with zero attached hydrogens (tertiary/aromatic N) is 2. The minimum atomic E-state index is -0.357. The second-order valence-corrected chi connectivity index (χ2v) is 35.6. The molecule has 2 aromatic carbocycles. The molecule has 2 aliphatic rings. The number of amides is 2. The molecule has 0 spiro atoms. The lowest BCUT2D eigenvalue weighted by atomic mass is 9.93. The number of unbranched alkanes of at least 4 members (excludes halogenated alkanes) is 32. The van der Waals surface area contributed by atoms with Gasteiger partial charge in [-0.3, -0.25) is 9.59 Å². The summed E-state index contributed by atoms with van der Waals surface area (Å²) < 4.78 is 8.33. The van der Waals surface area contributed by atoms with E-state index in [4.69, 9.17) is 4.74 Å². The molecule has 10 heteroatoms. The average molecular weight is 1390 g/mol. The summed E-state index contributed by atoms with van der Waals surface area (Å²) in [5.74, 6) is 0.870. The van der Waals surface area contributed by atoms with Crippen LogP contribution >= 0.6 is 45.3 Å². The Morgan fingerprint density at radius 3 is 1.18 bits per heavy atom. The summed E-state index contributed by atoms with van der Waals surface area (Å²) in [5.41, 5.74) is 3.33. The van der Waals surface area contributed by atoms with Gasteiger partial charge in [-0.15, -0.1) is 45.3 Å². The van der Waals surface area contributed by atoms with E-state index in [1.165, 1.54) is 241 Å². The highest BCUT2D eigenvalue weighted by molar-refractivity contribution is 7.30. The van der Waals surface area contributed by atoms with Crippen LogP contribution in [0.15, 0.2) is 83.9 Å². The number of benzene rings is 2. The topological polar surface area (TPSA) is 66.9 Å². The van der Waals surface area contributed by atoms with Crippen LogP contribution in [0.5, 0.6) is 5.75 Å². The van der Waals surface area contributed by atoms with E-state index >= 15 is 9.59 Å². The van der Waals surface area contributed by atoms with E-state index in [0.29, 0.717) is 47.4 Å². The van der Waals surface area contributed by atoms with Crippen LogP contribution in [0.1, 0.15) is 356 Å². The number of thiophene rings is 4. The Morgan fingerprint density at radius 2 is 0.773 bits per heavy atom. The molecule has 0 radical (unpaired) electrons. The molecule has 6 nitrogen and oxygen atoms in total. The molecule has 2 unspecified atom stereocenters. The van der Waals surface area contributed by atoms with Gasteiger partial charge in [0.15, 0.2) is 0 Å². The fourth-order valence-corrected chi connectivity index (χ4v) is 19.7. The summed E-state index contributed by atoms with van der Waals surface area (Å²) in [7, 11) is 0. The van der Waals surface area contributed by atoms with Crippen molar-refractivity contribution in [2.24, 2.45) is 11.8 Å². The van der Waals surface area contributed by atoms with Gasteiger partial charge in [0.05, 0.1) is 47.3 Å². The number of fused-ring (bicyclic) bond motifs is 4. The Kier molecular flexibility index (Phi) is 33.1. The summed E-state index contributed by atoms with van der Waals surface area (Å²) in [4.78, 5) is 58.2. The third-order valence-corrected chi connectivity index (χ3v) is 26.5. The number of esters is 1. The average Bonchev–Trinajstić information content (AvgIpc) is 1.55. The zero-order chi connectivity index (χ0) is 69.0. The van der Waals surface area contributed by atoms with Crippen LogP contribution in [0.2, 0.25) is 0 Å². The van der Waals surface area contributed by atoms with E-state index in [1.54, 1.807) is 45.3 Å². The molecule has 6 heterocycles. The third-order valence-electron chi connectivity index (χ3n) is 20.8. The van der Waals surface area contributed by atoms with Crippen LogP contribution in [0.25, 0.3) is 41.3 Å². The van der Waals surface area contributed by atoms with E-state index < -0.39 is 0 Å². The molecule has 4 aromatic heterocycles. The van der Waals surface area contributed by atoms with Crippen LogP contribution in [-0.2, 0) is 20.4 Å². The summed E-state index contributed by atoms with van der Waals surface area (Å²) in [6.07, 6.45) is 51.0. The SMILES string of the molecule is CCCCCCCCCCCCC(CCCCCCCCCC)CN1C(=O)C2=C(c3ccc(C(C)(C)C)s3)N(CC(CCCCCCCCCC)CCCCCCCCCCCC)C(=O)C2=C1c1ccc(-c2cc3cc(C(=O)Oc4ccccc4)c4cc(C(C)(C)C)sc4c3s2)s1. The fourth-order valence-electron chi connectivity index (χ4n) is 14.9. The molecule has 8 rings (SSSR count). The largest absolute Gasteiger partial charge is 0.423 e. The van der Waals surface area contributed by atoms with Crippen LogP contribution in [0, 0.1) is 11.8 Å². The minimum Gasteiger partial charge on any atom is -0.423 e. The summed E-state index contributed by atoms with van der Waals surface area (Å²) >= 11 is 7.07. The summed E-state index contributed by atoms with van der Waals surface area (Å²) in [6.45, 7) is 24.0. The van der Waals surface area contributed by atoms with Crippen molar-refractivity contribution in [1.29, 1.82) is 0 Å². The van der Waals surface area contributed by atoms with Gasteiger partial charge in [-0.2, -0.15) is 0 Å². The lowest BCUT2D eigenvalue weighted by molar-refractivity contribution is -0.124. The Bertz CT molecular complexity index is 3390. The van der Waals surface area contributed by atoms with Gasteiger partial charge >= 0.3 is 5.97 Å². The minimum absolute atomic E-state index is 0.0151. The summed E-state index contributed by atoms with van der Waals surface area (Å²) in [6, 6.07) is 24.9. The van der Waals surface area contributed by atoms with E-state index in [-0.39, 0.29) is 28.6 Å². The van der Waals surface area contributed by atoms with Crippen molar-refractivity contribution in [1.82, 2.24) is 9.80 Å². The Labute approximate surface area is 605 Å². The highest BCUT2D eigenvalue weighted by Gasteiger charge is 2.50. The Morgan fingerprint density at radius 1 is 0.392 bits per heavy atom. The van der Waals surface area contributed by atoms with Crippen LogP contribution in [0.4, 0.5) is 0 Å². The normalized spacial score (nSPS) is 14.5. The molecular weight excluding hydrogens is 1270 g/mol.